The normalized spacial score (nSPS) is 10.7. The Kier molecular flexibility index (Phi) is 13.4. The second-order valence-corrected chi connectivity index (χ2v) is 8.71. The minimum absolute atomic E-state index is 0.117. The van der Waals surface area contributed by atoms with Gasteiger partial charge in [0.25, 0.3) is 0 Å². The Morgan fingerprint density at radius 1 is 0.972 bits per heavy atom. The van der Waals surface area contributed by atoms with E-state index in [1.165, 1.54) is 26.4 Å². The van der Waals surface area contributed by atoms with Crippen molar-refractivity contribution in [3.63, 3.8) is 0 Å². The molecule has 36 heavy (non-hydrogen) atoms. The van der Waals surface area contributed by atoms with Gasteiger partial charge in [-0.25, -0.2) is 4.79 Å². The van der Waals surface area contributed by atoms with Crippen LogP contribution in [0.25, 0.3) is 11.1 Å². The summed E-state index contributed by atoms with van der Waals surface area (Å²) >= 11 is 0. The molecule has 2 aromatic rings. The van der Waals surface area contributed by atoms with Crippen molar-refractivity contribution in [1.82, 2.24) is 5.32 Å². The number of unbranched alkanes of at least 4 members (excludes halogenated alkanes) is 4. The summed E-state index contributed by atoms with van der Waals surface area (Å²) in [5, 5.41) is 3.01. The van der Waals surface area contributed by atoms with Gasteiger partial charge < -0.3 is 19.5 Å². The number of urea groups is 1. The minimum atomic E-state index is -0.243. The molecule has 0 aliphatic heterocycles. The van der Waals surface area contributed by atoms with Crippen LogP contribution in [0.15, 0.2) is 42.5 Å². The van der Waals surface area contributed by atoms with Crippen LogP contribution >= 0.6 is 0 Å². The molecule has 2 amide bonds. The molecule has 7 nitrogen and oxygen atoms in total. The molecule has 2 aromatic carbocycles. The van der Waals surface area contributed by atoms with E-state index < -0.39 is 0 Å². The number of nitrogens with one attached hydrogen (secondary N) is 1. The van der Waals surface area contributed by atoms with Gasteiger partial charge in [-0.1, -0.05) is 56.9 Å². The molecule has 0 spiro atoms. The Bertz CT molecular complexity index is 947. The lowest BCUT2D eigenvalue weighted by molar-refractivity contribution is -0.140. The number of carbonyl (C=O) groups is 2. The summed E-state index contributed by atoms with van der Waals surface area (Å²) in [6, 6.07) is 13.7. The Hall–Kier alpha value is -3.06. The Morgan fingerprint density at radius 2 is 1.78 bits per heavy atom. The summed E-state index contributed by atoms with van der Waals surface area (Å²) < 4.78 is 16.3. The molecule has 1 N–H and O–H groups in total. The summed E-state index contributed by atoms with van der Waals surface area (Å²) in [4.78, 5) is 25.9. The third-order valence-corrected chi connectivity index (χ3v) is 5.99. The highest BCUT2D eigenvalue weighted by Crippen LogP contribution is 2.33. The lowest BCUT2D eigenvalue weighted by Crippen LogP contribution is -2.37. The van der Waals surface area contributed by atoms with E-state index in [0.29, 0.717) is 45.0 Å². The fraction of sp³-hybridized carbons (Fsp3) is 0.517. The van der Waals surface area contributed by atoms with E-state index >= 15 is 0 Å². The first-order valence-electron chi connectivity index (χ1n) is 13.0. The lowest BCUT2D eigenvalue weighted by atomic mass is 10.00. The average Bonchev–Trinajstić information content (AvgIpc) is 2.91. The highest BCUT2D eigenvalue weighted by Gasteiger charge is 2.14. The van der Waals surface area contributed by atoms with Gasteiger partial charge in [-0.05, 0) is 49.1 Å². The number of methoxy groups -OCH3 is 1. The first-order chi connectivity index (χ1) is 17.5. The van der Waals surface area contributed by atoms with Gasteiger partial charge in [-0.3, -0.25) is 9.69 Å². The number of nitrogens with zero attached hydrogens (tertiary/aromatic N) is 1. The first kappa shape index (κ1) is 29.2. The molecule has 7 heteroatoms. The summed E-state index contributed by atoms with van der Waals surface area (Å²) in [5.74, 6) is 0.473. The SMILES string of the molecule is CCCCCCCNC(=O)N(C)c1cccc(-c2ccc(CCC(=O)OC)cc2OCCOCC)c1. The maximum atomic E-state index is 12.7. The summed E-state index contributed by atoms with van der Waals surface area (Å²) in [6.45, 7) is 6.36. The molecule has 0 aliphatic carbocycles. The van der Waals surface area contributed by atoms with Crippen molar-refractivity contribution in [2.75, 3.05) is 45.4 Å². The number of hydrogen-bond donors (Lipinski definition) is 1. The number of ether oxygens (including phenoxy) is 3. The second-order valence-electron chi connectivity index (χ2n) is 8.71. The molecular formula is C29H42N2O5. The van der Waals surface area contributed by atoms with Crippen molar-refractivity contribution in [1.29, 1.82) is 0 Å². The van der Waals surface area contributed by atoms with E-state index in [4.69, 9.17) is 14.2 Å². The third-order valence-electron chi connectivity index (χ3n) is 5.99. The Balaban J connectivity index is 2.14. The summed E-state index contributed by atoms with van der Waals surface area (Å²) in [5.41, 5.74) is 3.64. The average molecular weight is 499 g/mol. The quantitative estimate of drug-likeness (QED) is 0.227. The Morgan fingerprint density at radius 3 is 2.53 bits per heavy atom. The van der Waals surface area contributed by atoms with Crippen molar-refractivity contribution in [3.8, 4) is 16.9 Å². The van der Waals surface area contributed by atoms with Crippen molar-refractivity contribution >= 4 is 17.7 Å². The molecular weight excluding hydrogens is 456 g/mol. The van der Waals surface area contributed by atoms with Crippen molar-refractivity contribution < 1.29 is 23.8 Å². The molecule has 0 atom stereocenters. The van der Waals surface area contributed by atoms with E-state index in [9.17, 15) is 9.59 Å². The number of benzene rings is 2. The fourth-order valence-electron chi connectivity index (χ4n) is 3.83. The molecule has 0 bridgehead atoms. The van der Waals surface area contributed by atoms with Crippen LogP contribution in [0.5, 0.6) is 5.75 Å². The number of amides is 2. The third kappa shape index (κ3) is 9.90. The molecule has 0 saturated carbocycles. The number of anilines is 1. The fourth-order valence-corrected chi connectivity index (χ4v) is 3.83. The number of rotatable bonds is 16. The molecule has 0 aliphatic rings. The minimum Gasteiger partial charge on any atom is -0.491 e. The van der Waals surface area contributed by atoms with Crippen LogP contribution in [0, 0.1) is 0 Å². The van der Waals surface area contributed by atoms with E-state index in [2.05, 4.69) is 12.2 Å². The molecule has 0 heterocycles. The molecule has 0 unspecified atom stereocenters. The lowest BCUT2D eigenvalue weighted by Gasteiger charge is -2.20. The summed E-state index contributed by atoms with van der Waals surface area (Å²) in [7, 11) is 3.17. The number of esters is 1. The zero-order valence-electron chi connectivity index (χ0n) is 22.3. The van der Waals surface area contributed by atoms with Gasteiger partial charge in [0.05, 0.1) is 13.7 Å². The second kappa shape index (κ2) is 16.6. The first-order valence-corrected chi connectivity index (χ1v) is 13.0. The van der Waals surface area contributed by atoms with Gasteiger partial charge in [0.1, 0.15) is 12.4 Å². The van der Waals surface area contributed by atoms with Crippen LogP contribution in [0.4, 0.5) is 10.5 Å². The van der Waals surface area contributed by atoms with E-state index in [1.54, 1.807) is 11.9 Å². The number of aryl methyl sites for hydroxylation is 1. The molecule has 0 fully saturated rings. The van der Waals surface area contributed by atoms with Crippen molar-refractivity contribution in [2.45, 2.75) is 58.8 Å². The van der Waals surface area contributed by atoms with E-state index in [1.807, 2.05) is 49.4 Å². The van der Waals surface area contributed by atoms with Gasteiger partial charge in [-0.2, -0.15) is 0 Å². The van der Waals surface area contributed by atoms with Gasteiger partial charge in [0.2, 0.25) is 0 Å². The van der Waals surface area contributed by atoms with Gasteiger partial charge >= 0.3 is 12.0 Å². The predicted molar refractivity (Wildman–Crippen MR) is 145 cm³/mol. The molecule has 0 saturated heterocycles. The van der Waals surface area contributed by atoms with Crippen LogP contribution in [0.2, 0.25) is 0 Å². The van der Waals surface area contributed by atoms with Gasteiger partial charge in [0.15, 0.2) is 0 Å². The molecule has 0 radical (unpaired) electrons. The van der Waals surface area contributed by atoms with Crippen LogP contribution in [-0.4, -0.2) is 52.5 Å². The number of hydrogen-bond acceptors (Lipinski definition) is 5. The van der Waals surface area contributed by atoms with Crippen molar-refractivity contribution in [3.05, 3.63) is 48.0 Å². The highest BCUT2D eigenvalue weighted by molar-refractivity contribution is 5.92. The zero-order valence-corrected chi connectivity index (χ0v) is 22.3. The van der Waals surface area contributed by atoms with E-state index in [0.717, 1.165) is 35.2 Å². The molecule has 2 rings (SSSR count). The topological polar surface area (TPSA) is 77.1 Å². The van der Waals surface area contributed by atoms with Gasteiger partial charge in [-0.15, -0.1) is 0 Å². The van der Waals surface area contributed by atoms with Crippen LogP contribution in [0.3, 0.4) is 0 Å². The maximum Gasteiger partial charge on any atom is 0.321 e. The van der Waals surface area contributed by atoms with Crippen LogP contribution < -0.4 is 15.0 Å². The molecule has 0 aromatic heterocycles. The summed E-state index contributed by atoms with van der Waals surface area (Å²) in [6.07, 6.45) is 6.66. The monoisotopic (exact) mass is 498 g/mol. The number of carbonyl (C=O) groups excluding carboxylic acids is 2. The standard InChI is InChI=1S/C29H42N2O5/c1-5-7-8-9-10-18-30-29(33)31(3)25-13-11-12-24(22-25)26-16-14-23(15-17-28(32)34-4)21-27(26)36-20-19-35-6-2/h11-14,16,21-22H,5-10,15,17-20H2,1-4H3,(H,30,33). The smallest absolute Gasteiger partial charge is 0.321 e. The Labute approximate surface area is 216 Å². The van der Waals surface area contributed by atoms with Crippen LogP contribution in [0.1, 0.15) is 57.9 Å². The molecule has 198 valence electrons. The van der Waals surface area contributed by atoms with Crippen LogP contribution in [-0.2, 0) is 20.7 Å². The largest absolute Gasteiger partial charge is 0.491 e. The van der Waals surface area contributed by atoms with Crippen molar-refractivity contribution in [2.24, 2.45) is 0 Å². The maximum absolute atomic E-state index is 12.7. The highest BCUT2D eigenvalue weighted by atomic mass is 16.5. The van der Waals surface area contributed by atoms with E-state index in [-0.39, 0.29) is 12.0 Å². The predicted octanol–water partition coefficient (Wildman–Crippen LogP) is 5.99. The zero-order chi connectivity index (χ0) is 26.2. The van der Waals surface area contributed by atoms with Gasteiger partial charge in [0, 0.05) is 37.9 Å².